The van der Waals surface area contributed by atoms with Gasteiger partial charge in [0.05, 0.1) is 13.2 Å². The molecule has 2 heterocycles. The van der Waals surface area contributed by atoms with Crippen LogP contribution >= 0.6 is 0 Å². The van der Waals surface area contributed by atoms with Gasteiger partial charge in [-0.15, -0.1) is 0 Å². The van der Waals surface area contributed by atoms with Crippen molar-refractivity contribution in [2.45, 2.75) is 26.3 Å². The lowest BCUT2D eigenvalue weighted by Crippen LogP contribution is -2.28. The Morgan fingerprint density at radius 3 is 3.06 bits per heavy atom. The number of ether oxygens (including phenoxy) is 1. The van der Waals surface area contributed by atoms with Gasteiger partial charge in [-0.3, -0.25) is 0 Å². The maximum atomic E-state index is 10.9. The van der Waals surface area contributed by atoms with Gasteiger partial charge in [-0.2, -0.15) is 0 Å². The number of nitrogens with one attached hydrogen (secondary N) is 1. The lowest BCUT2D eigenvalue weighted by atomic mass is 10.0. The second-order valence-corrected chi connectivity index (χ2v) is 4.70. The second kappa shape index (κ2) is 6.02. The Balaban J connectivity index is 1.79. The van der Waals surface area contributed by atoms with Crippen LogP contribution in [0.4, 0.5) is 0 Å². The predicted molar refractivity (Wildman–Crippen MR) is 65.7 cm³/mol. The molecule has 1 atom stereocenters. The molecule has 0 aliphatic carbocycles. The summed E-state index contributed by atoms with van der Waals surface area (Å²) in [4.78, 5) is 10.9. The molecule has 2 rings (SSSR count). The van der Waals surface area contributed by atoms with E-state index in [1.54, 1.807) is 13.0 Å². The smallest absolute Gasteiger partial charge is 0.339 e. The Labute approximate surface area is 106 Å². The summed E-state index contributed by atoms with van der Waals surface area (Å²) in [5.41, 5.74) is 0.243. The molecule has 0 amide bonds. The molecule has 0 aromatic carbocycles. The van der Waals surface area contributed by atoms with Crippen molar-refractivity contribution in [2.24, 2.45) is 5.92 Å². The van der Waals surface area contributed by atoms with Gasteiger partial charge in [-0.05, 0) is 31.7 Å². The number of furan rings is 1. The molecule has 1 fully saturated rings. The van der Waals surface area contributed by atoms with E-state index in [4.69, 9.17) is 14.3 Å². The standard InChI is InChI=1S/C13H19NO4/c1-9-12(13(15)16)5-11(18-9)7-14-6-10-3-2-4-17-8-10/h5,10,14H,2-4,6-8H2,1H3,(H,15,16). The summed E-state index contributed by atoms with van der Waals surface area (Å²) >= 11 is 0. The first kappa shape index (κ1) is 13.1. The Kier molecular flexibility index (Phi) is 4.38. The first-order valence-electron chi connectivity index (χ1n) is 6.28. The minimum atomic E-state index is -0.941. The highest BCUT2D eigenvalue weighted by molar-refractivity contribution is 5.88. The number of aryl methyl sites for hydroxylation is 1. The molecule has 1 aliphatic rings. The number of aromatic carboxylic acids is 1. The Morgan fingerprint density at radius 2 is 2.44 bits per heavy atom. The SMILES string of the molecule is Cc1oc(CNCC2CCCOC2)cc1C(=O)O. The van der Waals surface area contributed by atoms with Crippen molar-refractivity contribution in [1.82, 2.24) is 5.32 Å². The van der Waals surface area contributed by atoms with Crippen LogP contribution in [0.3, 0.4) is 0 Å². The van der Waals surface area contributed by atoms with Gasteiger partial charge < -0.3 is 19.6 Å². The number of carboxylic acid groups (broad SMARTS) is 1. The average molecular weight is 253 g/mol. The number of hydrogen-bond donors (Lipinski definition) is 2. The van der Waals surface area contributed by atoms with Crippen molar-refractivity contribution >= 4 is 5.97 Å². The molecule has 0 spiro atoms. The van der Waals surface area contributed by atoms with Gasteiger partial charge in [0.25, 0.3) is 0 Å². The van der Waals surface area contributed by atoms with Crippen LogP contribution in [0.25, 0.3) is 0 Å². The van der Waals surface area contributed by atoms with E-state index in [2.05, 4.69) is 5.32 Å². The molecule has 1 aromatic heterocycles. The molecule has 18 heavy (non-hydrogen) atoms. The molecule has 0 saturated carbocycles. The van der Waals surface area contributed by atoms with Crippen LogP contribution < -0.4 is 5.32 Å². The lowest BCUT2D eigenvalue weighted by molar-refractivity contribution is 0.0546. The molecule has 100 valence electrons. The van der Waals surface area contributed by atoms with Crippen molar-refractivity contribution in [3.63, 3.8) is 0 Å². The molecule has 5 nitrogen and oxygen atoms in total. The number of hydrogen-bond acceptors (Lipinski definition) is 4. The Hall–Kier alpha value is -1.33. The molecule has 1 unspecified atom stereocenters. The van der Waals surface area contributed by atoms with E-state index in [0.29, 0.717) is 24.0 Å². The van der Waals surface area contributed by atoms with E-state index in [0.717, 1.165) is 26.2 Å². The van der Waals surface area contributed by atoms with Gasteiger partial charge in [-0.25, -0.2) is 4.79 Å². The molecule has 1 aliphatic heterocycles. The molecule has 0 bridgehead atoms. The zero-order chi connectivity index (χ0) is 13.0. The molecular weight excluding hydrogens is 234 g/mol. The summed E-state index contributed by atoms with van der Waals surface area (Å²) in [6.07, 6.45) is 2.31. The summed E-state index contributed by atoms with van der Waals surface area (Å²) < 4.78 is 10.8. The second-order valence-electron chi connectivity index (χ2n) is 4.70. The average Bonchev–Trinajstić information content (AvgIpc) is 2.72. The molecule has 0 radical (unpaired) electrons. The molecule has 1 saturated heterocycles. The van der Waals surface area contributed by atoms with Crippen molar-refractivity contribution in [3.8, 4) is 0 Å². The van der Waals surface area contributed by atoms with E-state index >= 15 is 0 Å². The highest BCUT2D eigenvalue weighted by Crippen LogP contribution is 2.15. The third kappa shape index (κ3) is 3.34. The first-order chi connectivity index (χ1) is 8.66. The molecule has 5 heteroatoms. The van der Waals surface area contributed by atoms with Crippen LogP contribution in [0.1, 0.15) is 34.7 Å². The normalized spacial score (nSPS) is 19.9. The van der Waals surface area contributed by atoms with Gasteiger partial charge in [-0.1, -0.05) is 0 Å². The highest BCUT2D eigenvalue weighted by atomic mass is 16.5. The summed E-state index contributed by atoms with van der Waals surface area (Å²) in [7, 11) is 0. The van der Waals surface area contributed by atoms with E-state index in [9.17, 15) is 4.79 Å². The van der Waals surface area contributed by atoms with Crippen LogP contribution in [0.15, 0.2) is 10.5 Å². The fraction of sp³-hybridized carbons (Fsp3) is 0.615. The third-order valence-corrected chi connectivity index (χ3v) is 3.19. The van der Waals surface area contributed by atoms with Crippen molar-refractivity contribution < 1.29 is 19.1 Å². The zero-order valence-corrected chi connectivity index (χ0v) is 10.6. The van der Waals surface area contributed by atoms with Crippen LogP contribution in [0.5, 0.6) is 0 Å². The van der Waals surface area contributed by atoms with Crippen LogP contribution in [0, 0.1) is 12.8 Å². The topological polar surface area (TPSA) is 71.7 Å². The zero-order valence-electron chi connectivity index (χ0n) is 10.6. The summed E-state index contributed by atoms with van der Waals surface area (Å²) in [6, 6.07) is 1.59. The molecular formula is C13H19NO4. The molecule has 2 N–H and O–H groups in total. The minimum absolute atomic E-state index is 0.243. The van der Waals surface area contributed by atoms with Crippen molar-refractivity contribution in [3.05, 3.63) is 23.2 Å². The fourth-order valence-electron chi connectivity index (χ4n) is 2.21. The van der Waals surface area contributed by atoms with Crippen LogP contribution in [-0.2, 0) is 11.3 Å². The van der Waals surface area contributed by atoms with E-state index in [-0.39, 0.29) is 5.56 Å². The predicted octanol–water partition coefficient (Wildman–Crippen LogP) is 1.80. The van der Waals surface area contributed by atoms with E-state index < -0.39 is 5.97 Å². The minimum Gasteiger partial charge on any atom is -0.478 e. The van der Waals surface area contributed by atoms with Gasteiger partial charge >= 0.3 is 5.97 Å². The van der Waals surface area contributed by atoms with Crippen molar-refractivity contribution in [2.75, 3.05) is 19.8 Å². The Bertz CT molecular complexity index is 407. The largest absolute Gasteiger partial charge is 0.478 e. The summed E-state index contributed by atoms with van der Waals surface area (Å²) in [5, 5.41) is 12.2. The quantitative estimate of drug-likeness (QED) is 0.837. The van der Waals surface area contributed by atoms with E-state index in [1.165, 1.54) is 6.42 Å². The Morgan fingerprint density at radius 1 is 1.61 bits per heavy atom. The first-order valence-corrected chi connectivity index (χ1v) is 6.28. The van der Waals surface area contributed by atoms with Gasteiger partial charge in [0.1, 0.15) is 17.1 Å². The fourth-order valence-corrected chi connectivity index (χ4v) is 2.21. The van der Waals surface area contributed by atoms with Crippen LogP contribution in [-0.4, -0.2) is 30.8 Å². The van der Waals surface area contributed by atoms with Gasteiger partial charge in [0.2, 0.25) is 0 Å². The highest BCUT2D eigenvalue weighted by Gasteiger charge is 2.15. The summed E-state index contributed by atoms with van der Waals surface area (Å²) in [6.45, 7) is 4.79. The lowest BCUT2D eigenvalue weighted by Gasteiger charge is -2.21. The number of carbonyl (C=O) groups is 1. The van der Waals surface area contributed by atoms with Gasteiger partial charge in [0.15, 0.2) is 0 Å². The van der Waals surface area contributed by atoms with Crippen molar-refractivity contribution in [1.29, 1.82) is 0 Å². The third-order valence-electron chi connectivity index (χ3n) is 3.19. The number of carboxylic acids is 1. The molecule has 1 aromatic rings. The van der Waals surface area contributed by atoms with E-state index in [1.807, 2.05) is 0 Å². The maximum Gasteiger partial charge on any atom is 0.339 e. The maximum absolute atomic E-state index is 10.9. The summed E-state index contributed by atoms with van der Waals surface area (Å²) in [5.74, 6) is 0.735. The monoisotopic (exact) mass is 253 g/mol. The number of rotatable bonds is 5. The van der Waals surface area contributed by atoms with Crippen LogP contribution in [0.2, 0.25) is 0 Å². The van der Waals surface area contributed by atoms with Gasteiger partial charge in [0, 0.05) is 13.2 Å².